The first-order valence-electron chi connectivity index (χ1n) is 6.56. The molecular weight excluding hydrogens is 327 g/mol. The maximum absolute atomic E-state index is 13.7. The molecule has 2 rings (SSSR count). The molecule has 1 heterocycles. The lowest BCUT2D eigenvalue weighted by atomic mass is 9.76. The van der Waals surface area contributed by atoms with E-state index in [0.717, 1.165) is 0 Å². The Morgan fingerprint density at radius 2 is 2.10 bits per heavy atom. The van der Waals surface area contributed by atoms with Crippen molar-refractivity contribution in [3.63, 3.8) is 0 Å². The molecule has 1 aliphatic carbocycles. The summed E-state index contributed by atoms with van der Waals surface area (Å²) >= 11 is 3.13. The Kier molecular flexibility index (Phi) is 4.32. The molecule has 0 unspecified atom stereocenters. The van der Waals surface area contributed by atoms with E-state index >= 15 is 0 Å². The molecule has 0 radical (unpaired) electrons. The Morgan fingerprint density at radius 3 is 2.65 bits per heavy atom. The molecule has 1 aliphatic rings. The van der Waals surface area contributed by atoms with Gasteiger partial charge in [-0.25, -0.2) is 9.78 Å². The van der Waals surface area contributed by atoms with Crippen LogP contribution >= 0.6 is 15.9 Å². The Morgan fingerprint density at radius 1 is 1.45 bits per heavy atom. The van der Waals surface area contributed by atoms with Gasteiger partial charge in [-0.15, -0.1) is 0 Å². The second kappa shape index (κ2) is 5.68. The zero-order valence-corrected chi connectivity index (χ0v) is 13.3. The fourth-order valence-electron chi connectivity index (χ4n) is 2.19. The lowest BCUT2D eigenvalue weighted by Crippen LogP contribution is -2.45. The highest BCUT2D eigenvalue weighted by Gasteiger charge is 2.34. The SMILES string of the molecule is CC(C)(C)OC(=O)NC1CC(c2ccc(Br)nc2F)C1. The largest absolute Gasteiger partial charge is 0.444 e. The number of halogens is 2. The van der Waals surface area contributed by atoms with Crippen LogP contribution in [0.15, 0.2) is 16.7 Å². The van der Waals surface area contributed by atoms with Crippen molar-refractivity contribution in [2.75, 3.05) is 0 Å². The molecule has 1 aromatic rings. The Hall–Kier alpha value is -1.17. The van der Waals surface area contributed by atoms with Crippen LogP contribution in [0.4, 0.5) is 9.18 Å². The summed E-state index contributed by atoms with van der Waals surface area (Å²) < 4.78 is 19.3. The van der Waals surface area contributed by atoms with Crippen LogP contribution in [0.25, 0.3) is 0 Å². The molecule has 4 nitrogen and oxygen atoms in total. The number of hydrogen-bond donors (Lipinski definition) is 1. The monoisotopic (exact) mass is 344 g/mol. The predicted octanol–water partition coefficient (Wildman–Crippen LogP) is 3.75. The third kappa shape index (κ3) is 3.91. The molecule has 0 saturated heterocycles. The second-order valence-electron chi connectivity index (χ2n) is 6.03. The van der Waals surface area contributed by atoms with Gasteiger partial charge in [0.05, 0.1) is 0 Å². The molecule has 1 amide bonds. The van der Waals surface area contributed by atoms with Crippen molar-refractivity contribution < 1.29 is 13.9 Å². The van der Waals surface area contributed by atoms with Gasteiger partial charge in [-0.05, 0) is 61.5 Å². The second-order valence-corrected chi connectivity index (χ2v) is 6.84. The molecule has 0 atom stereocenters. The van der Waals surface area contributed by atoms with Gasteiger partial charge in [-0.3, -0.25) is 0 Å². The van der Waals surface area contributed by atoms with E-state index in [4.69, 9.17) is 4.74 Å². The molecule has 0 spiro atoms. The minimum Gasteiger partial charge on any atom is -0.444 e. The predicted molar refractivity (Wildman–Crippen MR) is 77.0 cm³/mol. The maximum Gasteiger partial charge on any atom is 0.407 e. The van der Waals surface area contributed by atoms with Crippen LogP contribution in [0.5, 0.6) is 0 Å². The number of ether oxygens (including phenoxy) is 1. The van der Waals surface area contributed by atoms with E-state index in [0.29, 0.717) is 23.0 Å². The maximum atomic E-state index is 13.7. The molecule has 1 fully saturated rings. The van der Waals surface area contributed by atoms with Crippen molar-refractivity contribution in [1.29, 1.82) is 0 Å². The van der Waals surface area contributed by atoms with E-state index in [2.05, 4.69) is 26.2 Å². The fourth-order valence-corrected chi connectivity index (χ4v) is 2.48. The number of hydrogen-bond acceptors (Lipinski definition) is 3. The van der Waals surface area contributed by atoms with Gasteiger partial charge in [0.2, 0.25) is 5.95 Å². The number of amides is 1. The quantitative estimate of drug-likeness (QED) is 0.831. The number of carbonyl (C=O) groups excluding carboxylic acids is 1. The number of rotatable bonds is 2. The van der Waals surface area contributed by atoms with Crippen molar-refractivity contribution in [1.82, 2.24) is 10.3 Å². The van der Waals surface area contributed by atoms with Crippen LogP contribution in [0.3, 0.4) is 0 Å². The highest BCUT2D eigenvalue weighted by molar-refractivity contribution is 9.10. The molecule has 0 aromatic carbocycles. The van der Waals surface area contributed by atoms with Gasteiger partial charge in [0.1, 0.15) is 10.2 Å². The van der Waals surface area contributed by atoms with Crippen molar-refractivity contribution in [2.24, 2.45) is 0 Å². The van der Waals surface area contributed by atoms with Gasteiger partial charge in [-0.1, -0.05) is 6.07 Å². The van der Waals surface area contributed by atoms with E-state index in [1.807, 2.05) is 20.8 Å². The average Bonchev–Trinajstić information content (AvgIpc) is 2.21. The van der Waals surface area contributed by atoms with Gasteiger partial charge in [0.15, 0.2) is 0 Å². The first-order valence-corrected chi connectivity index (χ1v) is 7.35. The molecule has 1 N–H and O–H groups in total. The Balaban J connectivity index is 1.84. The molecule has 6 heteroatoms. The van der Waals surface area contributed by atoms with Crippen molar-refractivity contribution in [3.05, 3.63) is 28.2 Å². The third-order valence-corrected chi connectivity index (χ3v) is 3.58. The zero-order valence-electron chi connectivity index (χ0n) is 11.7. The molecule has 1 saturated carbocycles. The molecule has 1 aromatic heterocycles. The summed E-state index contributed by atoms with van der Waals surface area (Å²) in [6.07, 6.45) is 0.995. The van der Waals surface area contributed by atoms with Crippen molar-refractivity contribution >= 4 is 22.0 Å². The highest BCUT2D eigenvalue weighted by Crippen LogP contribution is 2.38. The standard InChI is InChI=1S/C14H18BrFN2O2/c1-14(2,3)20-13(19)17-9-6-8(7-9)10-4-5-11(15)18-12(10)16/h4-5,8-9H,6-7H2,1-3H3,(H,17,19). The van der Waals surface area contributed by atoms with E-state index in [1.54, 1.807) is 12.1 Å². The van der Waals surface area contributed by atoms with Crippen LogP contribution < -0.4 is 5.32 Å². The van der Waals surface area contributed by atoms with Gasteiger partial charge in [0.25, 0.3) is 0 Å². The van der Waals surface area contributed by atoms with Crippen LogP contribution in [0.2, 0.25) is 0 Å². The lowest BCUT2D eigenvalue weighted by Gasteiger charge is -2.36. The van der Waals surface area contributed by atoms with Gasteiger partial charge < -0.3 is 10.1 Å². The smallest absolute Gasteiger partial charge is 0.407 e. The zero-order chi connectivity index (χ0) is 14.9. The van der Waals surface area contributed by atoms with Crippen LogP contribution in [0.1, 0.15) is 45.1 Å². The molecular formula is C14H18BrFN2O2. The number of aromatic nitrogens is 1. The topological polar surface area (TPSA) is 51.2 Å². The van der Waals surface area contributed by atoms with Crippen molar-refractivity contribution in [3.8, 4) is 0 Å². The number of nitrogens with zero attached hydrogens (tertiary/aromatic N) is 1. The van der Waals surface area contributed by atoms with Crippen LogP contribution in [0, 0.1) is 5.95 Å². The minimum atomic E-state index is -0.505. The molecule has 0 bridgehead atoms. The summed E-state index contributed by atoms with van der Waals surface area (Å²) in [5.41, 5.74) is 0.102. The van der Waals surface area contributed by atoms with Gasteiger partial charge in [-0.2, -0.15) is 4.39 Å². The van der Waals surface area contributed by atoms with Crippen LogP contribution in [-0.2, 0) is 4.74 Å². The summed E-state index contributed by atoms with van der Waals surface area (Å²) in [6, 6.07) is 3.51. The number of alkyl carbamates (subject to hydrolysis) is 1. The fraction of sp³-hybridized carbons (Fsp3) is 0.571. The Bertz CT molecular complexity index is 510. The average molecular weight is 345 g/mol. The summed E-state index contributed by atoms with van der Waals surface area (Å²) in [5.74, 6) is -0.337. The Labute approximate surface area is 126 Å². The highest BCUT2D eigenvalue weighted by atomic mass is 79.9. The first-order chi connectivity index (χ1) is 9.24. The molecule has 110 valence electrons. The van der Waals surface area contributed by atoms with Crippen LogP contribution in [-0.4, -0.2) is 22.7 Å². The van der Waals surface area contributed by atoms with E-state index in [9.17, 15) is 9.18 Å². The summed E-state index contributed by atoms with van der Waals surface area (Å²) in [7, 11) is 0. The third-order valence-electron chi connectivity index (χ3n) is 3.14. The molecule has 0 aliphatic heterocycles. The van der Waals surface area contributed by atoms with E-state index in [1.165, 1.54) is 0 Å². The first kappa shape index (κ1) is 15.2. The lowest BCUT2D eigenvalue weighted by molar-refractivity contribution is 0.0470. The minimum absolute atomic E-state index is 0.0397. The normalized spacial score (nSPS) is 22.1. The van der Waals surface area contributed by atoms with Crippen molar-refractivity contribution in [2.45, 2.75) is 51.2 Å². The van der Waals surface area contributed by atoms with E-state index < -0.39 is 17.6 Å². The number of carbonyl (C=O) groups is 1. The van der Waals surface area contributed by atoms with Gasteiger partial charge in [0, 0.05) is 11.6 Å². The number of pyridine rings is 1. The summed E-state index contributed by atoms with van der Waals surface area (Å²) in [6.45, 7) is 5.46. The van der Waals surface area contributed by atoms with E-state index in [-0.39, 0.29) is 12.0 Å². The molecule has 20 heavy (non-hydrogen) atoms. The van der Waals surface area contributed by atoms with Gasteiger partial charge >= 0.3 is 6.09 Å². The summed E-state index contributed by atoms with van der Waals surface area (Å²) in [4.78, 5) is 15.3. The summed E-state index contributed by atoms with van der Waals surface area (Å²) in [5, 5.41) is 2.79. The number of nitrogens with one attached hydrogen (secondary N) is 1.